The fraction of sp³-hybridized carbons (Fsp3) is 0.625. The Hall–Kier alpha value is -0.580. The molecule has 1 aromatic carbocycles. The summed E-state index contributed by atoms with van der Waals surface area (Å²) in [5.41, 5.74) is 0.966. The Kier molecular flexibility index (Phi) is 6.26. The monoisotopic (exact) mass is 331 g/mol. The molecule has 5 heteroatoms. The molecule has 120 valence electrons. The van der Waals surface area contributed by atoms with E-state index in [4.69, 9.17) is 0 Å². The van der Waals surface area contributed by atoms with E-state index in [0.717, 1.165) is 18.7 Å². The molecule has 1 aromatic rings. The Morgan fingerprint density at radius 3 is 2.14 bits per heavy atom. The van der Waals surface area contributed by atoms with E-state index in [-0.39, 0.29) is 24.1 Å². The van der Waals surface area contributed by atoms with Gasteiger partial charge < -0.3 is 4.90 Å². The molecule has 0 spiro atoms. The molecular weight excluding hydrogens is 306 g/mol. The predicted molar refractivity (Wildman–Crippen MR) is 90.7 cm³/mol. The summed E-state index contributed by atoms with van der Waals surface area (Å²) in [6, 6.07) is 9.79. The molecule has 1 heterocycles. The lowest BCUT2D eigenvalue weighted by molar-refractivity contribution is 0.232. The Morgan fingerprint density at radius 2 is 1.67 bits per heavy atom. The van der Waals surface area contributed by atoms with Gasteiger partial charge in [0.15, 0.2) is 9.84 Å². The molecule has 1 aliphatic rings. The molecule has 1 fully saturated rings. The molecule has 0 atom stereocenters. The van der Waals surface area contributed by atoms with Crippen molar-refractivity contribution in [2.45, 2.75) is 31.4 Å². The van der Waals surface area contributed by atoms with Crippen LogP contribution in [0.1, 0.15) is 32.3 Å². The lowest BCUT2D eigenvalue weighted by Crippen LogP contribution is -2.47. The van der Waals surface area contributed by atoms with Crippen LogP contribution < -0.4 is 0 Å². The van der Waals surface area contributed by atoms with Crippen molar-refractivity contribution >= 4 is 22.2 Å². The second-order valence-electron chi connectivity index (χ2n) is 6.34. The van der Waals surface area contributed by atoms with Gasteiger partial charge in [-0.3, -0.25) is 0 Å². The van der Waals surface area contributed by atoms with Gasteiger partial charge in [0.25, 0.3) is 0 Å². The van der Waals surface area contributed by atoms with Crippen LogP contribution >= 0.6 is 12.4 Å². The van der Waals surface area contributed by atoms with Gasteiger partial charge in [-0.05, 0) is 44.5 Å². The lowest BCUT2D eigenvalue weighted by atomic mass is 9.88. The fourth-order valence-electron chi connectivity index (χ4n) is 3.10. The minimum Gasteiger partial charge on any atom is -0.306 e. The predicted octanol–water partition coefficient (Wildman–Crippen LogP) is 3.10. The smallest absolute Gasteiger partial charge is 0.160 e. The van der Waals surface area contributed by atoms with Crippen LogP contribution in [0.2, 0.25) is 0 Å². The number of likely N-dealkylation sites (tertiary alicyclic amines) is 1. The van der Waals surface area contributed by atoms with Crippen molar-refractivity contribution in [3.63, 3.8) is 0 Å². The Morgan fingerprint density at radius 1 is 1.14 bits per heavy atom. The van der Waals surface area contributed by atoms with E-state index in [1.807, 2.05) is 44.2 Å². The molecule has 0 radical (unpaired) electrons. The highest BCUT2D eigenvalue weighted by atomic mass is 35.5. The molecule has 3 nitrogen and oxygen atoms in total. The average Bonchev–Trinajstić information content (AvgIpc) is 2.39. The topological polar surface area (TPSA) is 37.4 Å². The van der Waals surface area contributed by atoms with Crippen molar-refractivity contribution < 1.29 is 8.42 Å². The maximum Gasteiger partial charge on any atom is 0.160 e. The minimum absolute atomic E-state index is 0. The van der Waals surface area contributed by atoms with Crippen molar-refractivity contribution in [2.24, 2.45) is 5.92 Å². The van der Waals surface area contributed by atoms with Crippen LogP contribution in [-0.4, -0.2) is 39.2 Å². The number of hydrogen-bond acceptors (Lipinski definition) is 3. The Balaban J connectivity index is 0.00000220. The maximum absolute atomic E-state index is 13.0. The van der Waals surface area contributed by atoms with Gasteiger partial charge in [-0.15, -0.1) is 12.4 Å². The van der Waals surface area contributed by atoms with Gasteiger partial charge in [0.2, 0.25) is 0 Å². The van der Waals surface area contributed by atoms with Crippen LogP contribution in [0.25, 0.3) is 0 Å². The van der Waals surface area contributed by atoms with Crippen molar-refractivity contribution in [2.75, 3.05) is 25.9 Å². The molecule has 0 aliphatic carbocycles. The second-order valence-corrected chi connectivity index (χ2v) is 8.68. The van der Waals surface area contributed by atoms with E-state index in [1.54, 1.807) is 0 Å². The quantitative estimate of drug-likeness (QED) is 0.850. The SMILES string of the molecule is CC(C)CS(=O)(=O)C1(c2ccccc2)CCN(C)CC1.Cl. The van der Waals surface area contributed by atoms with Crippen LogP contribution in [0, 0.1) is 5.92 Å². The highest BCUT2D eigenvalue weighted by Crippen LogP contribution is 2.41. The fourth-order valence-corrected chi connectivity index (χ4v) is 5.60. The molecule has 21 heavy (non-hydrogen) atoms. The van der Waals surface area contributed by atoms with Crippen LogP contribution in [-0.2, 0) is 14.6 Å². The van der Waals surface area contributed by atoms with Gasteiger partial charge in [0.05, 0.1) is 10.5 Å². The largest absolute Gasteiger partial charge is 0.306 e. The summed E-state index contributed by atoms with van der Waals surface area (Å²) in [5, 5.41) is 0. The number of halogens is 1. The van der Waals surface area contributed by atoms with Crippen LogP contribution in [0.4, 0.5) is 0 Å². The summed E-state index contributed by atoms with van der Waals surface area (Å²) in [6.07, 6.45) is 1.39. The third kappa shape index (κ3) is 3.79. The zero-order valence-corrected chi connectivity index (χ0v) is 14.7. The summed E-state index contributed by atoms with van der Waals surface area (Å²) >= 11 is 0. The first-order valence-corrected chi connectivity index (χ1v) is 8.99. The molecule has 0 N–H and O–H groups in total. The molecule has 0 bridgehead atoms. The molecule has 0 amide bonds. The van der Waals surface area contributed by atoms with Crippen molar-refractivity contribution in [1.29, 1.82) is 0 Å². The standard InChI is InChI=1S/C16H25NO2S.ClH/c1-14(2)13-20(18,19)16(9-11-17(3)12-10-16)15-7-5-4-6-8-15;/h4-8,14H,9-13H2,1-3H3;1H. The highest BCUT2D eigenvalue weighted by molar-refractivity contribution is 7.92. The Labute approximate surface area is 135 Å². The third-order valence-corrected chi connectivity index (χ3v) is 7.18. The molecule has 1 aliphatic heterocycles. The van der Waals surface area contributed by atoms with Crippen molar-refractivity contribution in [3.05, 3.63) is 35.9 Å². The molecular formula is C16H26ClNO2S. The number of rotatable bonds is 4. The van der Waals surface area contributed by atoms with E-state index in [1.165, 1.54) is 0 Å². The number of hydrogen-bond donors (Lipinski definition) is 0. The highest BCUT2D eigenvalue weighted by Gasteiger charge is 2.46. The summed E-state index contributed by atoms with van der Waals surface area (Å²) in [5.74, 6) is 0.436. The van der Waals surface area contributed by atoms with Gasteiger partial charge in [-0.1, -0.05) is 44.2 Å². The van der Waals surface area contributed by atoms with E-state index >= 15 is 0 Å². The van der Waals surface area contributed by atoms with E-state index in [2.05, 4.69) is 11.9 Å². The normalized spacial score (nSPS) is 19.2. The minimum atomic E-state index is -3.15. The molecule has 1 saturated heterocycles. The van der Waals surface area contributed by atoms with Crippen LogP contribution in [0.5, 0.6) is 0 Å². The van der Waals surface area contributed by atoms with Crippen LogP contribution in [0.15, 0.2) is 30.3 Å². The van der Waals surface area contributed by atoms with Gasteiger partial charge in [-0.25, -0.2) is 8.42 Å². The van der Waals surface area contributed by atoms with Crippen molar-refractivity contribution in [1.82, 2.24) is 4.90 Å². The molecule has 0 saturated carbocycles. The van der Waals surface area contributed by atoms with Crippen LogP contribution in [0.3, 0.4) is 0 Å². The zero-order chi connectivity index (χ0) is 14.8. The molecule has 0 aromatic heterocycles. The van der Waals surface area contributed by atoms with Gasteiger partial charge in [-0.2, -0.15) is 0 Å². The first kappa shape index (κ1) is 18.5. The van der Waals surface area contributed by atoms with Gasteiger partial charge in [0, 0.05) is 0 Å². The summed E-state index contributed by atoms with van der Waals surface area (Å²) in [4.78, 5) is 2.21. The first-order chi connectivity index (χ1) is 9.37. The Bertz CT molecular complexity index is 535. The van der Waals surface area contributed by atoms with E-state index < -0.39 is 14.6 Å². The van der Waals surface area contributed by atoms with Gasteiger partial charge in [0.1, 0.15) is 0 Å². The lowest BCUT2D eigenvalue weighted by Gasteiger charge is -2.40. The second kappa shape index (κ2) is 7.12. The number of nitrogens with zero attached hydrogens (tertiary/aromatic N) is 1. The van der Waals surface area contributed by atoms with E-state index in [9.17, 15) is 8.42 Å². The summed E-state index contributed by atoms with van der Waals surface area (Å²) < 4.78 is 25.3. The summed E-state index contributed by atoms with van der Waals surface area (Å²) in [7, 11) is -1.09. The zero-order valence-electron chi connectivity index (χ0n) is 13.1. The third-order valence-electron chi connectivity index (χ3n) is 4.24. The molecule has 0 unspecified atom stereocenters. The average molecular weight is 332 g/mol. The maximum atomic E-state index is 13.0. The summed E-state index contributed by atoms with van der Waals surface area (Å²) in [6.45, 7) is 5.63. The number of benzene rings is 1. The van der Waals surface area contributed by atoms with Crippen molar-refractivity contribution in [3.8, 4) is 0 Å². The van der Waals surface area contributed by atoms with Gasteiger partial charge >= 0.3 is 0 Å². The van der Waals surface area contributed by atoms with E-state index in [0.29, 0.717) is 12.8 Å². The first-order valence-electron chi connectivity index (χ1n) is 7.34. The molecule has 2 rings (SSSR count). The number of piperidine rings is 1. The number of sulfone groups is 1.